The SMILES string of the molecule is Cc1cc2c(cc1C)OCC(CO)C2. The van der Waals surface area contributed by atoms with Crippen molar-refractivity contribution in [2.24, 2.45) is 5.92 Å². The average Bonchev–Trinajstić information content (AvgIpc) is 2.19. The van der Waals surface area contributed by atoms with E-state index in [-0.39, 0.29) is 12.5 Å². The average molecular weight is 192 g/mol. The summed E-state index contributed by atoms with van der Waals surface area (Å²) in [5.74, 6) is 1.27. The van der Waals surface area contributed by atoms with Gasteiger partial charge in [0.15, 0.2) is 0 Å². The maximum absolute atomic E-state index is 9.06. The van der Waals surface area contributed by atoms with Gasteiger partial charge in [-0.1, -0.05) is 6.07 Å². The van der Waals surface area contributed by atoms with E-state index in [1.165, 1.54) is 16.7 Å². The van der Waals surface area contributed by atoms with E-state index in [0.29, 0.717) is 6.61 Å². The third-order valence-corrected chi connectivity index (χ3v) is 2.92. The van der Waals surface area contributed by atoms with Gasteiger partial charge in [0.2, 0.25) is 0 Å². The monoisotopic (exact) mass is 192 g/mol. The Labute approximate surface area is 84.5 Å². The molecule has 2 rings (SSSR count). The maximum Gasteiger partial charge on any atom is 0.122 e. The minimum Gasteiger partial charge on any atom is -0.493 e. The lowest BCUT2D eigenvalue weighted by molar-refractivity contribution is 0.146. The third kappa shape index (κ3) is 1.62. The first-order valence-corrected chi connectivity index (χ1v) is 5.04. The van der Waals surface area contributed by atoms with Gasteiger partial charge < -0.3 is 9.84 Å². The predicted molar refractivity (Wildman–Crippen MR) is 55.7 cm³/mol. The Bertz CT molecular complexity index is 344. The summed E-state index contributed by atoms with van der Waals surface area (Å²) in [6, 6.07) is 4.27. The molecule has 0 amide bonds. The first kappa shape index (κ1) is 9.53. The molecule has 76 valence electrons. The van der Waals surface area contributed by atoms with Gasteiger partial charge in [-0.15, -0.1) is 0 Å². The molecular formula is C12H16O2. The smallest absolute Gasteiger partial charge is 0.122 e. The van der Waals surface area contributed by atoms with Crippen LogP contribution in [0.4, 0.5) is 0 Å². The molecule has 0 saturated heterocycles. The fourth-order valence-electron chi connectivity index (χ4n) is 1.84. The Kier molecular flexibility index (Phi) is 2.46. The molecule has 0 aliphatic carbocycles. The molecule has 1 unspecified atom stereocenters. The standard InChI is InChI=1S/C12H16O2/c1-8-3-11-5-10(6-13)7-14-12(11)4-9(8)2/h3-4,10,13H,5-7H2,1-2H3. The molecule has 1 aromatic carbocycles. The van der Waals surface area contributed by atoms with Gasteiger partial charge in [0.25, 0.3) is 0 Å². The topological polar surface area (TPSA) is 29.5 Å². The minimum atomic E-state index is 0.215. The van der Waals surface area contributed by atoms with Crippen LogP contribution in [0, 0.1) is 19.8 Å². The normalized spacial score (nSPS) is 20.1. The summed E-state index contributed by atoms with van der Waals surface area (Å²) < 4.78 is 5.60. The Hall–Kier alpha value is -1.02. The van der Waals surface area contributed by atoms with Crippen molar-refractivity contribution in [1.82, 2.24) is 0 Å². The van der Waals surface area contributed by atoms with E-state index in [9.17, 15) is 0 Å². The molecule has 1 atom stereocenters. The molecule has 14 heavy (non-hydrogen) atoms. The lowest BCUT2D eigenvalue weighted by Crippen LogP contribution is -2.23. The van der Waals surface area contributed by atoms with Crippen LogP contribution in [0.1, 0.15) is 16.7 Å². The Morgan fingerprint density at radius 1 is 1.36 bits per heavy atom. The van der Waals surface area contributed by atoms with E-state index in [1.54, 1.807) is 0 Å². The zero-order chi connectivity index (χ0) is 10.1. The van der Waals surface area contributed by atoms with Gasteiger partial charge in [-0.25, -0.2) is 0 Å². The second-order valence-corrected chi connectivity index (χ2v) is 4.11. The molecule has 0 aromatic heterocycles. The summed E-state index contributed by atoms with van der Waals surface area (Å²) in [4.78, 5) is 0. The molecule has 2 heteroatoms. The van der Waals surface area contributed by atoms with E-state index in [0.717, 1.165) is 12.2 Å². The number of hydrogen-bond donors (Lipinski definition) is 1. The largest absolute Gasteiger partial charge is 0.493 e. The van der Waals surface area contributed by atoms with Crippen LogP contribution in [0.2, 0.25) is 0 Å². The zero-order valence-corrected chi connectivity index (χ0v) is 8.71. The highest BCUT2D eigenvalue weighted by molar-refractivity contribution is 5.42. The molecule has 0 radical (unpaired) electrons. The molecule has 1 aliphatic rings. The number of benzene rings is 1. The summed E-state index contributed by atoms with van der Waals surface area (Å²) in [5.41, 5.74) is 3.80. The summed E-state index contributed by atoms with van der Waals surface area (Å²) in [5, 5.41) is 9.06. The van der Waals surface area contributed by atoms with E-state index >= 15 is 0 Å². The Morgan fingerprint density at radius 2 is 2.07 bits per heavy atom. The van der Waals surface area contributed by atoms with Crippen LogP contribution in [0.25, 0.3) is 0 Å². The fraction of sp³-hybridized carbons (Fsp3) is 0.500. The second-order valence-electron chi connectivity index (χ2n) is 4.11. The minimum absolute atomic E-state index is 0.215. The van der Waals surface area contributed by atoms with Crippen molar-refractivity contribution in [3.63, 3.8) is 0 Å². The zero-order valence-electron chi connectivity index (χ0n) is 8.71. The molecule has 1 aliphatic heterocycles. The summed E-state index contributed by atoms with van der Waals surface area (Å²) in [7, 11) is 0. The van der Waals surface area contributed by atoms with Crippen molar-refractivity contribution < 1.29 is 9.84 Å². The van der Waals surface area contributed by atoms with Crippen LogP contribution in [0.3, 0.4) is 0 Å². The van der Waals surface area contributed by atoms with Crippen LogP contribution in [0.5, 0.6) is 5.75 Å². The highest BCUT2D eigenvalue weighted by Crippen LogP contribution is 2.29. The fourth-order valence-corrected chi connectivity index (χ4v) is 1.84. The van der Waals surface area contributed by atoms with E-state index in [1.807, 2.05) is 0 Å². The number of hydrogen-bond acceptors (Lipinski definition) is 2. The van der Waals surface area contributed by atoms with Gasteiger partial charge in [0, 0.05) is 12.5 Å². The van der Waals surface area contributed by atoms with Gasteiger partial charge in [-0.05, 0) is 43.0 Å². The van der Waals surface area contributed by atoms with Crippen molar-refractivity contribution in [2.75, 3.05) is 13.2 Å². The van der Waals surface area contributed by atoms with Crippen molar-refractivity contribution in [3.05, 3.63) is 28.8 Å². The van der Waals surface area contributed by atoms with Gasteiger partial charge in [0.05, 0.1) is 6.61 Å². The Morgan fingerprint density at radius 3 is 2.79 bits per heavy atom. The number of rotatable bonds is 1. The molecular weight excluding hydrogens is 176 g/mol. The molecule has 0 fully saturated rings. The molecule has 0 bridgehead atoms. The number of ether oxygens (including phenoxy) is 1. The molecule has 0 saturated carbocycles. The number of aliphatic hydroxyl groups is 1. The highest BCUT2D eigenvalue weighted by Gasteiger charge is 2.19. The summed E-state index contributed by atoms with van der Waals surface area (Å²) in [6.07, 6.45) is 0.937. The van der Waals surface area contributed by atoms with Gasteiger partial charge in [0.1, 0.15) is 5.75 Å². The van der Waals surface area contributed by atoms with Gasteiger partial charge in [-0.2, -0.15) is 0 Å². The van der Waals surface area contributed by atoms with Crippen LogP contribution < -0.4 is 4.74 Å². The van der Waals surface area contributed by atoms with E-state index in [4.69, 9.17) is 9.84 Å². The van der Waals surface area contributed by atoms with Crippen molar-refractivity contribution in [1.29, 1.82) is 0 Å². The first-order valence-electron chi connectivity index (χ1n) is 5.04. The molecule has 1 aromatic rings. The summed E-state index contributed by atoms with van der Waals surface area (Å²) in [6.45, 7) is 5.06. The first-order chi connectivity index (χ1) is 6.70. The molecule has 1 N–H and O–H groups in total. The van der Waals surface area contributed by atoms with Crippen molar-refractivity contribution >= 4 is 0 Å². The van der Waals surface area contributed by atoms with Crippen LogP contribution in [0.15, 0.2) is 12.1 Å². The van der Waals surface area contributed by atoms with Crippen molar-refractivity contribution in [3.8, 4) is 5.75 Å². The predicted octanol–water partition coefficient (Wildman–Crippen LogP) is 1.85. The lowest BCUT2D eigenvalue weighted by atomic mass is 9.94. The molecule has 2 nitrogen and oxygen atoms in total. The number of fused-ring (bicyclic) bond motifs is 1. The van der Waals surface area contributed by atoms with Crippen LogP contribution in [-0.2, 0) is 6.42 Å². The second kappa shape index (κ2) is 3.62. The molecule has 0 spiro atoms. The summed E-state index contributed by atoms with van der Waals surface area (Å²) >= 11 is 0. The van der Waals surface area contributed by atoms with Crippen LogP contribution in [-0.4, -0.2) is 18.3 Å². The molecule has 1 heterocycles. The van der Waals surface area contributed by atoms with Crippen molar-refractivity contribution in [2.45, 2.75) is 20.3 Å². The number of aryl methyl sites for hydroxylation is 2. The van der Waals surface area contributed by atoms with Crippen LogP contribution >= 0.6 is 0 Å². The highest BCUT2D eigenvalue weighted by atomic mass is 16.5. The van der Waals surface area contributed by atoms with Gasteiger partial charge >= 0.3 is 0 Å². The lowest BCUT2D eigenvalue weighted by Gasteiger charge is -2.24. The number of aliphatic hydroxyl groups excluding tert-OH is 1. The quantitative estimate of drug-likeness (QED) is 0.735. The third-order valence-electron chi connectivity index (χ3n) is 2.92. The van der Waals surface area contributed by atoms with E-state index < -0.39 is 0 Å². The Balaban J connectivity index is 2.33. The maximum atomic E-state index is 9.06. The van der Waals surface area contributed by atoms with Gasteiger partial charge in [-0.3, -0.25) is 0 Å². The van der Waals surface area contributed by atoms with E-state index in [2.05, 4.69) is 26.0 Å².